The molecule has 0 spiro atoms. The van der Waals surface area contributed by atoms with Gasteiger partial charge in [0.15, 0.2) is 0 Å². The summed E-state index contributed by atoms with van der Waals surface area (Å²) in [6.07, 6.45) is 0.699. The van der Waals surface area contributed by atoms with Gasteiger partial charge in [-0.1, -0.05) is 103 Å². The van der Waals surface area contributed by atoms with Crippen molar-refractivity contribution in [3.8, 4) is 0 Å². The molecule has 0 radical (unpaired) electrons. The van der Waals surface area contributed by atoms with Crippen LogP contribution in [-0.4, -0.2) is 40.0 Å². The number of amides is 3. The van der Waals surface area contributed by atoms with Crippen molar-refractivity contribution >= 4 is 57.3 Å². The molecule has 2 aliphatic rings. The van der Waals surface area contributed by atoms with Crippen molar-refractivity contribution in [1.29, 1.82) is 0 Å². The Morgan fingerprint density at radius 2 is 1.57 bits per heavy atom. The van der Waals surface area contributed by atoms with E-state index in [0.717, 1.165) is 22.9 Å². The van der Waals surface area contributed by atoms with Gasteiger partial charge >= 0.3 is 0 Å². The molecule has 0 aromatic heterocycles. The summed E-state index contributed by atoms with van der Waals surface area (Å²) in [5.74, 6) is -0.920. The summed E-state index contributed by atoms with van der Waals surface area (Å²) in [5.41, 5.74) is 3.63. The van der Waals surface area contributed by atoms with Gasteiger partial charge in [-0.2, -0.15) is 0 Å². The van der Waals surface area contributed by atoms with Gasteiger partial charge in [-0.25, -0.2) is 0 Å². The Labute approximate surface area is 225 Å². The highest BCUT2D eigenvalue weighted by atomic mass is 32.2. The molecule has 5 rings (SSSR count). The lowest BCUT2D eigenvalue weighted by Gasteiger charge is -2.23. The maximum Gasteiger partial charge on any atom is 0.267 e. The fraction of sp³-hybridized carbons (Fsp3) is 0.172. The summed E-state index contributed by atoms with van der Waals surface area (Å²) >= 11 is 6.72. The second-order valence-electron chi connectivity index (χ2n) is 8.83. The number of para-hydroxylation sites is 1. The van der Waals surface area contributed by atoms with Crippen LogP contribution in [0.2, 0.25) is 0 Å². The molecule has 2 heterocycles. The molecule has 1 saturated heterocycles. The molecule has 3 aromatic carbocycles. The molecule has 1 unspecified atom stereocenters. The summed E-state index contributed by atoms with van der Waals surface area (Å²) in [6.45, 7) is 2.26. The lowest BCUT2D eigenvalue weighted by Crippen LogP contribution is -2.39. The van der Waals surface area contributed by atoms with E-state index in [0.29, 0.717) is 39.0 Å². The van der Waals surface area contributed by atoms with Gasteiger partial charge in [0, 0.05) is 12.1 Å². The summed E-state index contributed by atoms with van der Waals surface area (Å²) in [6, 6.07) is 26.5. The van der Waals surface area contributed by atoms with E-state index in [1.807, 2.05) is 85.8 Å². The third-order valence-electron chi connectivity index (χ3n) is 6.50. The number of benzene rings is 3. The van der Waals surface area contributed by atoms with Crippen LogP contribution in [0.1, 0.15) is 29.7 Å². The van der Waals surface area contributed by atoms with E-state index in [1.54, 1.807) is 11.0 Å². The van der Waals surface area contributed by atoms with E-state index in [2.05, 4.69) is 5.32 Å². The number of fused-ring (bicyclic) bond motifs is 1. The number of nitrogens with zero attached hydrogens (tertiary/aromatic N) is 2. The molecule has 0 bridgehead atoms. The molecular formula is C29H25N3O3S2. The highest BCUT2D eigenvalue weighted by Crippen LogP contribution is 2.46. The van der Waals surface area contributed by atoms with Crippen LogP contribution in [0.4, 0.5) is 5.69 Å². The highest BCUT2D eigenvalue weighted by molar-refractivity contribution is 8.26. The quantitative estimate of drug-likeness (QED) is 0.356. The number of hydrogen-bond donors (Lipinski definition) is 1. The van der Waals surface area contributed by atoms with Crippen molar-refractivity contribution in [3.05, 3.63) is 107 Å². The molecule has 1 fully saturated rings. The number of nitrogens with one attached hydrogen (secondary N) is 1. The smallest absolute Gasteiger partial charge is 0.267 e. The zero-order valence-corrected chi connectivity index (χ0v) is 21.9. The highest BCUT2D eigenvalue weighted by Gasteiger charge is 2.43. The first-order valence-corrected chi connectivity index (χ1v) is 13.2. The average Bonchev–Trinajstić information content (AvgIpc) is 3.36. The second-order valence-corrected chi connectivity index (χ2v) is 10.5. The van der Waals surface area contributed by atoms with Crippen molar-refractivity contribution < 1.29 is 14.4 Å². The number of anilines is 1. The Morgan fingerprint density at radius 3 is 2.30 bits per heavy atom. The van der Waals surface area contributed by atoms with E-state index < -0.39 is 0 Å². The molecule has 1 N–H and O–H groups in total. The number of carbonyl (C=O) groups excluding carboxylic acids is 3. The van der Waals surface area contributed by atoms with Crippen molar-refractivity contribution in [1.82, 2.24) is 10.2 Å². The monoisotopic (exact) mass is 527 g/mol. The minimum Gasteiger partial charge on any atom is -0.354 e. The first-order valence-electron chi connectivity index (χ1n) is 12.0. The van der Waals surface area contributed by atoms with Gasteiger partial charge in [-0.05, 0) is 30.5 Å². The fourth-order valence-corrected chi connectivity index (χ4v) is 6.08. The van der Waals surface area contributed by atoms with Gasteiger partial charge < -0.3 is 5.32 Å². The van der Waals surface area contributed by atoms with Gasteiger partial charge in [0.2, 0.25) is 5.91 Å². The van der Waals surface area contributed by atoms with Crippen molar-refractivity contribution in [2.45, 2.75) is 19.4 Å². The normalized spacial score (nSPS) is 17.8. The minimum absolute atomic E-state index is 0.130. The van der Waals surface area contributed by atoms with Gasteiger partial charge in [-0.3, -0.25) is 24.2 Å². The number of thiocarbonyl (C=S) groups is 1. The third-order valence-corrected chi connectivity index (χ3v) is 7.90. The van der Waals surface area contributed by atoms with Gasteiger partial charge in [0.1, 0.15) is 10.9 Å². The SMILES string of the molecule is CC(c1ccccc1)N1C(=O)C(=C2C(=O)N(CC(=O)NCCc3ccccc3)c3ccccc32)SC1=S. The average molecular weight is 528 g/mol. The van der Waals surface area contributed by atoms with Crippen LogP contribution in [-0.2, 0) is 20.8 Å². The lowest BCUT2D eigenvalue weighted by molar-refractivity contribution is -0.123. The standard InChI is InChI=1S/C29H25N3O3S2/c1-19(21-12-6-3-7-13-21)32-28(35)26(37-29(32)36)25-22-14-8-9-15-23(22)31(27(25)34)18-24(33)30-17-16-20-10-4-2-5-11-20/h2-15,19H,16-18H2,1H3,(H,30,33). The topological polar surface area (TPSA) is 69.7 Å². The molecule has 2 aliphatic heterocycles. The van der Waals surface area contributed by atoms with Crippen LogP contribution in [0.25, 0.3) is 5.57 Å². The van der Waals surface area contributed by atoms with Crippen LogP contribution in [0.15, 0.2) is 89.8 Å². The van der Waals surface area contributed by atoms with E-state index in [9.17, 15) is 14.4 Å². The van der Waals surface area contributed by atoms with Crippen LogP contribution in [0, 0.1) is 0 Å². The molecule has 6 nitrogen and oxygen atoms in total. The van der Waals surface area contributed by atoms with Crippen molar-refractivity contribution in [3.63, 3.8) is 0 Å². The molecule has 186 valence electrons. The summed E-state index contributed by atoms with van der Waals surface area (Å²) in [4.78, 5) is 43.3. The van der Waals surface area contributed by atoms with Crippen LogP contribution >= 0.6 is 24.0 Å². The first kappa shape index (κ1) is 24.9. The third kappa shape index (κ3) is 4.95. The molecule has 3 aromatic rings. The van der Waals surface area contributed by atoms with Crippen molar-refractivity contribution in [2.75, 3.05) is 18.0 Å². The van der Waals surface area contributed by atoms with Crippen LogP contribution in [0.3, 0.4) is 0 Å². The van der Waals surface area contributed by atoms with E-state index in [4.69, 9.17) is 12.2 Å². The number of carbonyl (C=O) groups is 3. The molecular weight excluding hydrogens is 502 g/mol. The maximum atomic E-state index is 13.6. The van der Waals surface area contributed by atoms with Gasteiger partial charge in [-0.15, -0.1) is 0 Å². The van der Waals surface area contributed by atoms with Crippen LogP contribution < -0.4 is 10.2 Å². The zero-order valence-electron chi connectivity index (χ0n) is 20.2. The number of hydrogen-bond acceptors (Lipinski definition) is 5. The maximum absolute atomic E-state index is 13.6. The van der Waals surface area contributed by atoms with E-state index >= 15 is 0 Å². The summed E-state index contributed by atoms with van der Waals surface area (Å²) in [5, 5.41) is 2.90. The summed E-state index contributed by atoms with van der Waals surface area (Å²) < 4.78 is 0.409. The number of thioether (sulfide) groups is 1. The first-order chi connectivity index (χ1) is 18.0. The predicted molar refractivity (Wildman–Crippen MR) is 151 cm³/mol. The van der Waals surface area contributed by atoms with Gasteiger partial charge in [0.25, 0.3) is 11.8 Å². The van der Waals surface area contributed by atoms with E-state index in [-0.39, 0.29) is 30.3 Å². The Bertz CT molecular complexity index is 1410. The zero-order chi connectivity index (χ0) is 25.9. The lowest BCUT2D eigenvalue weighted by atomic mass is 10.1. The van der Waals surface area contributed by atoms with Crippen LogP contribution in [0.5, 0.6) is 0 Å². The Morgan fingerprint density at radius 1 is 0.919 bits per heavy atom. The van der Waals surface area contributed by atoms with Crippen molar-refractivity contribution in [2.24, 2.45) is 0 Å². The fourth-order valence-electron chi connectivity index (χ4n) is 4.59. The summed E-state index contributed by atoms with van der Waals surface area (Å²) in [7, 11) is 0. The molecule has 3 amide bonds. The second kappa shape index (κ2) is 10.7. The molecule has 37 heavy (non-hydrogen) atoms. The molecule has 0 aliphatic carbocycles. The predicted octanol–water partition coefficient (Wildman–Crippen LogP) is 4.72. The molecule has 8 heteroatoms. The van der Waals surface area contributed by atoms with E-state index in [1.165, 1.54) is 4.90 Å². The number of rotatable bonds is 7. The minimum atomic E-state index is -0.368. The Balaban J connectivity index is 1.37. The molecule has 0 saturated carbocycles. The Hall–Kier alpha value is -3.75. The molecule has 1 atom stereocenters. The Kier molecular flexibility index (Phi) is 7.21. The van der Waals surface area contributed by atoms with Gasteiger partial charge in [0.05, 0.1) is 22.2 Å². The largest absolute Gasteiger partial charge is 0.354 e.